The molecule has 31 heavy (non-hydrogen) atoms. The summed E-state index contributed by atoms with van der Waals surface area (Å²) in [4.78, 5) is 1.47. The fourth-order valence-electron chi connectivity index (χ4n) is 2.87. The maximum absolute atomic E-state index is 12.8. The van der Waals surface area contributed by atoms with Crippen LogP contribution in [0.4, 0.5) is 5.69 Å². The van der Waals surface area contributed by atoms with E-state index in [4.69, 9.17) is 9.47 Å². The second-order valence-corrected chi connectivity index (χ2v) is 8.11. The Morgan fingerprint density at radius 3 is 2.10 bits per heavy atom. The fraction of sp³-hybridized carbons (Fsp3) is 0.0952. The van der Waals surface area contributed by atoms with Crippen molar-refractivity contribution in [3.63, 3.8) is 0 Å². The minimum Gasteiger partial charge on any atom is -0.497 e. The van der Waals surface area contributed by atoms with Crippen LogP contribution in [-0.4, -0.2) is 42.8 Å². The molecule has 0 aliphatic heterocycles. The second kappa shape index (κ2) is 8.44. The van der Waals surface area contributed by atoms with Gasteiger partial charge in [-0.2, -0.15) is 0 Å². The SMILES string of the molecule is COc1ccc(-n2nnc(-c3ccccc3NS(=O)(=O)c3ccc(OC)cc3)n2)cc1. The Kier molecular flexibility index (Phi) is 5.54. The zero-order valence-corrected chi connectivity index (χ0v) is 17.6. The quantitative estimate of drug-likeness (QED) is 0.473. The number of hydrogen-bond acceptors (Lipinski definition) is 7. The van der Waals surface area contributed by atoms with Crippen molar-refractivity contribution in [3.8, 4) is 28.6 Å². The summed E-state index contributed by atoms with van der Waals surface area (Å²) in [5.74, 6) is 1.56. The number of aromatic nitrogens is 4. The number of methoxy groups -OCH3 is 2. The molecule has 0 aliphatic carbocycles. The van der Waals surface area contributed by atoms with Crippen LogP contribution in [0.1, 0.15) is 0 Å². The first-order chi connectivity index (χ1) is 15.0. The number of rotatable bonds is 7. The highest BCUT2D eigenvalue weighted by atomic mass is 32.2. The molecule has 0 unspecified atom stereocenters. The number of ether oxygens (including phenoxy) is 2. The largest absolute Gasteiger partial charge is 0.497 e. The molecule has 0 spiro atoms. The van der Waals surface area contributed by atoms with Gasteiger partial charge in [-0.3, -0.25) is 4.72 Å². The minimum absolute atomic E-state index is 0.109. The van der Waals surface area contributed by atoms with Crippen LogP contribution in [0.25, 0.3) is 17.1 Å². The van der Waals surface area contributed by atoms with Gasteiger partial charge in [-0.05, 0) is 65.9 Å². The van der Waals surface area contributed by atoms with Gasteiger partial charge in [0.25, 0.3) is 10.0 Å². The van der Waals surface area contributed by atoms with E-state index in [9.17, 15) is 8.42 Å². The van der Waals surface area contributed by atoms with Crippen molar-refractivity contribution < 1.29 is 17.9 Å². The van der Waals surface area contributed by atoms with E-state index in [2.05, 4.69) is 20.1 Å². The highest BCUT2D eigenvalue weighted by molar-refractivity contribution is 7.92. The topological polar surface area (TPSA) is 108 Å². The van der Waals surface area contributed by atoms with E-state index in [0.717, 1.165) is 0 Å². The summed E-state index contributed by atoms with van der Waals surface area (Å²) in [6.07, 6.45) is 0. The van der Waals surface area contributed by atoms with E-state index in [0.29, 0.717) is 28.4 Å². The molecule has 0 amide bonds. The van der Waals surface area contributed by atoms with Gasteiger partial charge in [0.2, 0.25) is 5.82 Å². The van der Waals surface area contributed by atoms with Crippen molar-refractivity contribution >= 4 is 15.7 Å². The first-order valence-electron chi connectivity index (χ1n) is 9.21. The number of anilines is 1. The maximum Gasteiger partial charge on any atom is 0.261 e. The van der Waals surface area contributed by atoms with Gasteiger partial charge in [0.1, 0.15) is 11.5 Å². The summed E-state index contributed by atoms with van der Waals surface area (Å²) in [7, 11) is -0.718. The first kappa shape index (κ1) is 20.4. The summed E-state index contributed by atoms with van der Waals surface area (Å²) >= 11 is 0. The molecular formula is C21H19N5O4S. The van der Waals surface area contributed by atoms with Crippen LogP contribution in [0.15, 0.2) is 77.7 Å². The average molecular weight is 437 g/mol. The van der Waals surface area contributed by atoms with Gasteiger partial charge in [-0.1, -0.05) is 12.1 Å². The van der Waals surface area contributed by atoms with Crippen LogP contribution < -0.4 is 14.2 Å². The molecule has 0 bridgehead atoms. The van der Waals surface area contributed by atoms with Crippen LogP contribution >= 0.6 is 0 Å². The molecular weight excluding hydrogens is 418 g/mol. The van der Waals surface area contributed by atoms with Crippen molar-refractivity contribution in [2.75, 3.05) is 18.9 Å². The molecule has 0 aliphatic rings. The Labute approximate surface area is 179 Å². The van der Waals surface area contributed by atoms with Gasteiger partial charge >= 0.3 is 0 Å². The normalized spacial score (nSPS) is 11.2. The molecule has 4 aromatic rings. The van der Waals surface area contributed by atoms with Crippen molar-refractivity contribution in [1.29, 1.82) is 0 Å². The van der Waals surface area contributed by atoms with Crippen LogP contribution in [-0.2, 0) is 10.0 Å². The molecule has 0 saturated carbocycles. The number of benzene rings is 3. The Hall–Kier alpha value is -3.92. The highest BCUT2D eigenvalue weighted by Crippen LogP contribution is 2.27. The molecule has 1 heterocycles. The van der Waals surface area contributed by atoms with E-state index >= 15 is 0 Å². The van der Waals surface area contributed by atoms with Crippen molar-refractivity contribution in [2.24, 2.45) is 0 Å². The van der Waals surface area contributed by atoms with Crippen LogP contribution in [0.2, 0.25) is 0 Å². The Bertz CT molecular complexity index is 1290. The molecule has 0 atom stereocenters. The van der Waals surface area contributed by atoms with Gasteiger partial charge in [-0.15, -0.1) is 15.0 Å². The van der Waals surface area contributed by atoms with Crippen LogP contribution in [0.3, 0.4) is 0 Å². The molecule has 4 rings (SSSR count). The lowest BCUT2D eigenvalue weighted by molar-refractivity contribution is 0.414. The predicted molar refractivity (Wildman–Crippen MR) is 115 cm³/mol. The molecule has 1 aromatic heterocycles. The third-order valence-corrected chi connectivity index (χ3v) is 5.88. The van der Waals surface area contributed by atoms with Crippen LogP contribution in [0.5, 0.6) is 11.5 Å². The van der Waals surface area contributed by atoms with E-state index in [1.165, 1.54) is 24.0 Å². The lowest BCUT2D eigenvalue weighted by Gasteiger charge is -2.11. The molecule has 10 heteroatoms. The second-order valence-electron chi connectivity index (χ2n) is 6.43. The summed E-state index contributed by atoms with van der Waals surface area (Å²) in [5.41, 5.74) is 1.53. The highest BCUT2D eigenvalue weighted by Gasteiger charge is 2.18. The number of nitrogens with one attached hydrogen (secondary N) is 1. The summed E-state index contributed by atoms with van der Waals surface area (Å²) in [6.45, 7) is 0. The Morgan fingerprint density at radius 2 is 1.45 bits per heavy atom. The third-order valence-electron chi connectivity index (χ3n) is 4.50. The van der Waals surface area contributed by atoms with Gasteiger partial charge < -0.3 is 9.47 Å². The average Bonchev–Trinajstić information content (AvgIpc) is 3.29. The number of nitrogens with zero attached hydrogens (tertiary/aromatic N) is 4. The van der Waals surface area contributed by atoms with E-state index < -0.39 is 10.0 Å². The first-order valence-corrected chi connectivity index (χ1v) is 10.7. The number of tetrazole rings is 1. The predicted octanol–water partition coefficient (Wildman–Crippen LogP) is 3.15. The van der Waals surface area contributed by atoms with Gasteiger partial charge in [0, 0.05) is 5.56 Å². The van der Waals surface area contributed by atoms with E-state index in [-0.39, 0.29) is 10.7 Å². The zero-order valence-electron chi connectivity index (χ0n) is 16.8. The standard InChI is InChI=1S/C21H19N5O4S/c1-29-16-9-7-15(8-10-16)26-23-21(22-25-26)19-5-3-4-6-20(19)24-31(27,28)18-13-11-17(30-2)12-14-18/h3-14,24H,1-2H3. The lowest BCUT2D eigenvalue weighted by Crippen LogP contribution is -2.13. The van der Waals surface area contributed by atoms with Crippen molar-refractivity contribution in [1.82, 2.24) is 20.2 Å². The third kappa shape index (κ3) is 4.33. The van der Waals surface area contributed by atoms with Gasteiger partial charge in [0.05, 0.1) is 30.5 Å². The Morgan fingerprint density at radius 1 is 0.839 bits per heavy atom. The fourth-order valence-corrected chi connectivity index (χ4v) is 3.95. The number of sulfonamides is 1. The van der Waals surface area contributed by atoms with Gasteiger partial charge in [-0.25, -0.2) is 8.42 Å². The van der Waals surface area contributed by atoms with Crippen molar-refractivity contribution in [2.45, 2.75) is 4.90 Å². The van der Waals surface area contributed by atoms with Crippen molar-refractivity contribution in [3.05, 3.63) is 72.8 Å². The van der Waals surface area contributed by atoms with E-state index in [1.54, 1.807) is 67.8 Å². The maximum atomic E-state index is 12.8. The Balaban J connectivity index is 1.63. The van der Waals surface area contributed by atoms with E-state index in [1.807, 2.05) is 0 Å². The molecule has 0 fully saturated rings. The lowest BCUT2D eigenvalue weighted by atomic mass is 10.2. The zero-order chi connectivity index (χ0) is 21.8. The number of para-hydroxylation sites is 1. The summed E-state index contributed by atoms with van der Waals surface area (Å²) in [6, 6.07) is 20.1. The molecule has 0 saturated heterocycles. The summed E-state index contributed by atoms with van der Waals surface area (Å²) in [5, 5.41) is 12.6. The minimum atomic E-state index is -3.82. The summed E-state index contributed by atoms with van der Waals surface area (Å²) < 4.78 is 38.5. The molecule has 158 valence electrons. The van der Waals surface area contributed by atoms with Gasteiger partial charge in [0.15, 0.2) is 0 Å². The van der Waals surface area contributed by atoms with Crippen LogP contribution in [0, 0.1) is 0 Å². The smallest absolute Gasteiger partial charge is 0.261 e. The molecule has 1 N–H and O–H groups in total. The molecule has 9 nitrogen and oxygen atoms in total. The molecule has 0 radical (unpaired) electrons. The number of hydrogen-bond donors (Lipinski definition) is 1. The molecule has 3 aromatic carbocycles. The monoisotopic (exact) mass is 437 g/mol.